The molecule has 1 aromatic carbocycles. The molecule has 0 aliphatic rings. The number of hydrogen-bond acceptors (Lipinski definition) is 6. The van der Waals surface area contributed by atoms with Crippen molar-refractivity contribution in [2.45, 2.75) is 12.2 Å². The van der Waals surface area contributed by atoms with Gasteiger partial charge in [-0.25, -0.2) is 8.42 Å². The quantitative estimate of drug-likeness (QED) is 0.307. The van der Waals surface area contributed by atoms with Crippen LogP contribution in [-0.4, -0.2) is 42.1 Å². The highest BCUT2D eigenvalue weighted by molar-refractivity contribution is 7.92. The van der Waals surface area contributed by atoms with Crippen molar-refractivity contribution in [2.75, 3.05) is 18.1 Å². The zero-order valence-corrected chi connectivity index (χ0v) is 10.8. The third-order valence-electron chi connectivity index (χ3n) is 2.62. The zero-order valence-electron chi connectivity index (χ0n) is 9.94. The molecule has 1 aromatic rings. The Balaban J connectivity index is 3.21. The molecule has 0 amide bonds. The summed E-state index contributed by atoms with van der Waals surface area (Å²) in [5.41, 5.74) is 6.35. The lowest BCUT2D eigenvalue weighted by molar-refractivity contribution is 0.296. The summed E-state index contributed by atoms with van der Waals surface area (Å²) in [5.74, 6) is -0.147. The van der Waals surface area contributed by atoms with Gasteiger partial charge in [0.05, 0.1) is 6.61 Å². The summed E-state index contributed by atoms with van der Waals surface area (Å²) in [6.07, 6.45) is 0. The minimum absolute atomic E-state index is 0.0839. The van der Waals surface area contributed by atoms with Gasteiger partial charge in [0.15, 0.2) is 9.84 Å². The number of sulfone groups is 1. The molecule has 4 N–H and O–H groups in total. The Labute approximate surface area is 106 Å². The number of aliphatic hydroxyl groups is 1. The van der Waals surface area contributed by atoms with Crippen molar-refractivity contribution in [3.05, 3.63) is 29.8 Å². The van der Waals surface area contributed by atoms with Crippen molar-refractivity contribution < 1.29 is 18.7 Å². The van der Waals surface area contributed by atoms with Crippen LogP contribution in [0.4, 0.5) is 5.69 Å². The van der Waals surface area contributed by atoms with Crippen molar-refractivity contribution >= 4 is 21.2 Å². The van der Waals surface area contributed by atoms with Crippen LogP contribution in [0.2, 0.25) is 0 Å². The number of hydrogen-bond donors (Lipinski definition) is 3. The van der Waals surface area contributed by atoms with Crippen molar-refractivity contribution in [3.63, 3.8) is 0 Å². The van der Waals surface area contributed by atoms with Gasteiger partial charge in [0.2, 0.25) is 0 Å². The Morgan fingerprint density at radius 3 is 2.33 bits per heavy atom. The van der Waals surface area contributed by atoms with Crippen LogP contribution in [0.25, 0.3) is 0 Å². The number of benzene rings is 1. The van der Waals surface area contributed by atoms with Gasteiger partial charge in [-0.15, -0.1) is 0 Å². The molecular weight excluding hydrogens is 256 g/mol. The summed E-state index contributed by atoms with van der Waals surface area (Å²) in [7, 11) is -3.55. The summed E-state index contributed by atoms with van der Waals surface area (Å²) in [4.78, 5) is 0. The Kier molecular flexibility index (Phi) is 4.69. The second-order valence-electron chi connectivity index (χ2n) is 3.73. The third-order valence-corrected chi connectivity index (χ3v) is 4.66. The monoisotopic (exact) mass is 272 g/mol. The van der Waals surface area contributed by atoms with Gasteiger partial charge >= 0.3 is 0 Å². The summed E-state index contributed by atoms with van der Waals surface area (Å²) in [6, 6.07) is 6.21. The molecule has 7 heteroatoms. The molecule has 18 heavy (non-hydrogen) atoms. The van der Waals surface area contributed by atoms with Gasteiger partial charge in [-0.3, -0.25) is 0 Å². The largest absolute Gasteiger partial charge is 0.411 e. The zero-order chi connectivity index (χ0) is 13.8. The number of nitrogens with zero attached hydrogens (tertiary/aromatic N) is 1. The fourth-order valence-corrected chi connectivity index (χ4v) is 2.69. The van der Waals surface area contributed by atoms with Crippen molar-refractivity contribution in [1.29, 1.82) is 0 Å². The van der Waals surface area contributed by atoms with Gasteiger partial charge in [-0.05, 0) is 12.1 Å². The first-order valence-corrected chi connectivity index (χ1v) is 7.08. The van der Waals surface area contributed by atoms with E-state index >= 15 is 0 Å². The second kappa shape index (κ2) is 5.83. The van der Waals surface area contributed by atoms with E-state index in [0.29, 0.717) is 11.3 Å². The molecular formula is C11H16N2O4S. The van der Waals surface area contributed by atoms with Gasteiger partial charge in [0, 0.05) is 17.0 Å². The smallest absolute Gasteiger partial charge is 0.161 e. The Hall–Kier alpha value is -1.60. The maximum absolute atomic E-state index is 11.8. The molecule has 1 atom stereocenters. The average Bonchev–Trinajstić information content (AvgIpc) is 2.36. The van der Waals surface area contributed by atoms with Crippen LogP contribution >= 0.6 is 0 Å². The summed E-state index contributed by atoms with van der Waals surface area (Å²) < 4.78 is 23.6. The maximum Gasteiger partial charge on any atom is 0.161 e. The van der Waals surface area contributed by atoms with Crippen molar-refractivity contribution in [3.8, 4) is 0 Å². The minimum atomic E-state index is -3.55. The highest BCUT2D eigenvalue weighted by Gasteiger charge is 2.29. The Morgan fingerprint density at radius 1 is 1.39 bits per heavy atom. The SMILES string of the molecule is CCS(=O)(=O)[C@H](CO)/C(=N\O)c1ccc(N)cc1. The molecule has 0 radical (unpaired) electrons. The Morgan fingerprint density at radius 2 is 1.94 bits per heavy atom. The number of anilines is 1. The van der Waals surface area contributed by atoms with E-state index in [0.717, 1.165) is 0 Å². The number of oxime groups is 1. The number of nitrogens with two attached hydrogens (primary N) is 1. The molecule has 0 saturated heterocycles. The van der Waals surface area contributed by atoms with E-state index in [-0.39, 0.29) is 11.5 Å². The minimum Gasteiger partial charge on any atom is -0.411 e. The van der Waals surface area contributed by atoms with Crippen molar-refractivity contribution in [2.24, 2.45) is 5.16 Å². The number of rotatable bonds is 5. The summed E-state index contributed by atoms with van der Waals surface area (Å²) in [5, 5.41) is 20.0. The van der Waals surface area contributed by atoms with Gasteiger partial charge < -0.3 is 16.0 Å². The predicted molar refractivity (Wildman–Crippen MR) is 69.5 cm³/mol. The molecule has 0 aliphatic carbocycles. The van der Waals surface area contributed by atoms with Gasteiger partial charge in [0.25, 0.3) is 0 Å². The van der Waals surface area contributed by atoms with Gasteiger partial charge in [-0.2, -0.15) is 0 Å². The number of nitrogen functional groups attached to an aromatic ring is 1. The van der Waals surface area contributed by atoms with Crippen molar-refractivity contribution in [1.82, 2.24) is 0 Å². The Bertz CT molecular complexity index is 522. The molecule has 0 spiro atoms. The van der Waals surface area contributed by atoms with Crippen LogP contribution < -0.4 is 5.73 Å². The van der Waals surface area contributed by atoms with E-state index in [4.69, 9.17) is 10.9 Å². The lowest BCUT2D eigenvalue weighted by Crippen LogP contribution is -2.35. The number of aliphatic hydroxyl groups excluding tert-OH is 1. The summed E-state index contributed by atoms with van der Waals surface area (Å²) >= 11 is 0. The van der Waals surface area contributed by atoms with E-state index in [1.54, 1.807) is 12.1 Å². The fraction of sp³-hybridized carbons (Fsp3) is 0.364. The van der Waals surface area contributed by atoms with E-state index in [9.17, 15) is 13.5 Å². The fourth-order valence-electron chi connectivity index (χ4n) is 1.53. The molecule has 0 fully saturated rings. The predicted octanol–water partition coefficient (Wildman–Crippen LogP) is 0.243. The standard InChI is InChI=1S/C11H16N2O4S/c1-2-18(16,17)10(7-14)11(13-15)8-3-5-9(12)6-4-8/h3-6,10,14-15H,2,7,12H2,1H3/b13-11-/t10-/m1/s1. The summed E-state index contributed by atoms with van der Waals surface area (Å²) in [6.45, 7) is 0.829. The van der Waals surface area contributed by atoms with E-state index in [1.165, 1.54) is 19.1 Å². The normalized spacial score (nSPS) is 14.4. The first kappa shape index (κ1) is 14.5. The molecule has 0 aliphatic heterocycles. The van der Waals surface area contributed by atoms with Gasteiger partial charge in [0.1, 0.15) is 11.0 Å². The van der Waals surface area contributed by atoms with Crippen LogP contribution in [0.5, 0.6) is 0 Å². The van der Waals surface area contributed by atoms with E-state index in [2.05, 4.69) is 5.16 Å². The van der Waals surface area contributed by atoms with Crippen LogP contribution in [0.15, 0.2) is 29.4 Å². The first-order valence-electron chi connectivity index (χ1n) is 5.36. The molecule has 0 saturated carbocycles. The molecule has 0 bridgehead atoms. The highest BCUT2D eigenvalue weighted by atomic mass is 32.2. The average molecular weight is 272 g/mol. The molecule has 100 valence electrons. The molecule has 0 aromatic heterocycles. The first-order chi connectivity index (χ1) is 8.46. The lowest BCUT2D eigenvalue weighted by Gasteiger charge is -2.15. The second-order valence-corrected chi connectivity index (χ2v) is 6.20. The van der Waals surface area contributed by atoms with Crippen LogP contribution in [-0.2, 0) is 9.84 Å². The highest BCUT2D eigenvalue weighted by Crippen LogP contribution is 2.14. The third kappa shape index (κ3) is 2.99. The van der Waals surface area contributed by atoms with Crippen LogP contribution in [0.3, 0.4) is 0 Å². The molecule has 1 rings (SSSR count). The topological polar surface area (TPSA) is 113 Å². The van der Waals surface area contributed by atoms with Crippen LogP contribution in [0.1, 0.15) is 12.5 Å². The lowest BCUT2D eigenvalue weighted by atomic mass is 10.1. The maximum atomic E-state index is 11.8. The van der Waals surface area contributed by atoms with E-state index < -0.39 is 21.7 Å². The molecule has 0 heterocycles. The van der Waals surface area contributed by atoms with E-state index in [1.807, 2.05) is 0 Å². The molecule has 6 nitrogen and oxygen atoms in total. The molecule has 0 unspecified atom stereocenters. The van der Waals surface area contributed by atoms with Crippen LogP contribution in [0, 0.1) is 0 Å². The van der Waals surface area contributed by atoms with Gasteiger partial charge in [-0.1, -0.05) is 24.2 Å².